The largest absolute Gasteiger partial charge is 0.392 e. The Morgan fingerprint density at radius 1 is 1.73 bits per heavy atom. The second-order valence-corrected chi connectivity index (χ2v) is 5.87. The molecule has 1 rings (SSSR count). The van der Waals surface area contributed by atoms with Gasteiger partial charge in [0.15, 0.2) is 0 Å². The molecule has 0 aromatic carbocycles. The normalized spacial score (nSPS) is 12.1. The molecule has 0 saturated heterocycles. The Bertz CT molecular complexity index is 378. The van der Waals surface area contributed by atoms with Gasteiger partial charge in [-0.05, 0) is 34.5 Å². The number of hydrogen-bond acceptors (Lipinski definition) is 3. The molecule has 1 heterocycles. The van der Waals surface area contributed by atoms with Crippen LogP contribution in [-0.4, -0.2) is 16.9 Å². The molecule has 15 heavy (non-hydrogen) atoms. The molecular formula is C9H11BrN2OS2. The first kappa shape index (κ1) is 12.6. The van der Waals surface area contributed by atoms with E-state index in [1.54, 1.807) is 6.07 Å². The maximum Gasteiger partial charge on any atom is 0.261 e. The molecule has 82 valence electrons. The van der Waals surface area contributed by atoms with E-state index < -0.39 is 0 Å². The first-order chi connectivity index (χ1) is 7.04. The lowest BCUT2D eigenvalue weighted by molar-refractivity contribution is 0.0950. The molecule has 1 amide bonds. The number of hydrogen-bond donors (Lipinski definition) is 2. The number of carbonyl (C=O) groups excluding carboxylic acids is 1. The van der Waals surface area contributed by atoms with Gasteiger partial charge in [-0.1, -0.05) is 19.1 Å². The van der Waals surface area contributed by atoms with E-state index in [9.17, 15) is 4.79 Å². The molecule has 1 aromatic heterocycles. The van der Waals surface area contributed by atoms with Crippen LogP contribution in [0, 0.1) is 0 Å². The summed E-state index contributed by atoms with van der Waals surface area (Å²) in [5.74, 6) is -0.134. The number of carbonyl (C=O) groups is 1. The topological polar surface area (TPSA) is 55.1 Å². The summed E-state index contributed by atoms with van der Waals surface area (Å²) >= 11 is 9.53. The van der Waals surface area contributed by atoms with E-state index in [2.05, 4.69) is 21.2 Å². The van der Waals surface area contributed by atoms with Gasteiger partial charge in [0, 0.05) is 0 Å². The highest BCUT2D eigenvalue weighted by Crippen LogP contribution is 2.21. The number of thiocarbonyl (C=S) groups is 1. The van der Waals surface area contributed by atoms with Crippen LogP contribution in [0.25, 0.3) is 0 Å². The number of nitrogens with one attached hydrogen (secondary N) is 1. The molecule has 1 atom stereocenters. The molecule has 6 heteroatoms. The van der Waals surface area contributed by atoms with Crippen molar-refractivity contribution in [1.82, 2.24) is 5.32 Å². The summed E-state index contributed by atoms with van der Waals surface area (Å²) in [7, 11) is 0. The van der Waals surface area contributed by atoms with Crippen LogP contribution in [0.5, 0.6) is 0 Å². The average molecular weight is 307 g/mol. The Kier molecular flexibility index (Phi) is 4.69. The van der Waals surface area contributed by atoms with Crippen LogP contribution in [0.15, 0.2) is 15.9 Å². The third kappa shape index (κ3) is 3.55. The zero-order valence-electron chi connectivity index (χ0n) is 8.12. The predicted molar refractivity (Wildman–Crippen MR) is 70.3 cm³/mol. The molecule has 0 aliphatic carbocycles. The molecule has 0 aliphatic rings. The lowest BCUT2D eigenvalue weighted by atomic mass is 10.2. The van der Waals surface area contributed by atoms with Gasteiger partial charge in [-0.3, -0.25) is 4.79 Å². The van der Waals surface area contributed by atoms with Crippen molar-refractivity contribution >= 4 is 50.4 Å². The number of thiophene rings is 1. The van der Waals surface area contributed by atoms with E-state index in [1.165, 1.54) is 11.3 Å². The van der Waals surface area contributed by atoms with Crippen LogP contribution in [0.4, 0.5) is 0 Å². The minimum atomic E-state index is -0.228. The fraction of sp³-hybridized carbons (Fsp3) is 0.333. The van der Waals surface area contributed by atoms with Crippen molar-refractivity contribution in [3.05, 3.63) is 20.8 Å². The summed E-state index contributed by atoms with van der Waals surface area (Å²) in [5, 5.41) is 2.78. The van der Waals surface area contributed by atoms with Crippen molar-refractivity contribution in [2.75, 3.05) is 0 Å². The number of nitrogens with two attached hydrogens (primary N) is 1. The molecular weight excluding hydrogens is 296 g/mol. The van der Waals surface area contributed by atoms with E-state index >= 15 is 0 Å². The van der Waals surface area contributed by atoms with Gasteiger partial charge in [0.05, 0.1) is 19.7 Å². The lowest BCUT2D eigenvalue weighted by Crippen LogP contribution is -2.42. The first-order valence-electron chi connectivity index (χ1n) is 4.40. The zero-order valence-corrected chi connectivity index (χ0v) is 11.3. The summed E-state index contributed by atoms with van der Waals surface area (Å²) in [6, 6.07) is 3.37. The standard InChI is InChI=1S/C9H11BrN2OS2/c1-2-5(8(11)14)12-9(13)6-3-4-7(10)15-6/h3-5H,2H2,1H3,(H2,11,14)(H,12,13). The summed E-state index contributed by atoms with van der Waals surface area (Å²) in [6.45, 7) is 1.93. The molecule has 3 nitrogen and oxygen atoms in total. The van der Waals surface area contributed by atoms with Gasteiger partial charge in [-0.15, -0.1) is 11.3 Å². The molecule has 1 aromatic rings. The molecule has 0 bridgehead atoms. The van der Waals surface area contributed by atoms with Crippen molar-refractivity contribution in [2.45, 2.75) is 19.4 Å². The smallest absolute Gasteiger partial charge is 0.261 e. The number of rotatable bonds is 4. The van der Waals surface area contributed by atoms with Crippen molar-refractivity contribution in [3.8, 4) is 0 Å². The SMILES string of the molecule is CCC(NC(=O)c1ccc(Br)s1)C(N)=S. The van der Waals surface area contributed by atoms with Gasteiger partial charge in [0.2, 0.25) is 0 Å². The van der Waals surface area contributed by atoms with Crippen molar-refractivity contribution < 1.29 is 4.79 Å². The highest BCUT2D eigenvalue weighted by atomic mass is 79.9. The van der Waals surface area contributed by atoms with Gasteiger partial charge in [0.25, 0.3) is 5.91 Å². The summed E-state index contributed by atoms with van der Waals surface area (Å²) in [4.78, 5) is 12.7. The van der Waals surface area contributed by atoms with E-state index in [1.807, 2.05) is 13.0 Å². The Labute approximate surface area is 106 Å². The van der Waals surface area contributed by atoms with Crippen LogP contribution >= 0.6 is 39.5 Å². The van der Waals surface area contributed by atoms with Crippen molar-refractivity contribution in [3.63, 3.8) is 0 Å². The van der Waals surface area contributed by atoms with Crippen molar-refractivity contribution in [2.24, 2.45) is 5.73 Å². The van der Waals surface area contributed by atoms with Crippen LogP contribution in [0.3, 0.4) is 0 Å². The third-order valence-electron chi connectivity index (χ3n) is 1.85. The number of halogens is 1. The first-order valence-corrected chi connectivity index (χ1v) is 6.42. The minimum Gasteiger partial charge on any atom is -0.392 e. The fourth-order valence-electron chi connectivity index (χ4n) is 1.04. The van der Waals surface area contributed by atoms with Gasteiger partial charge in [-0.2, -0.15) is 0 Å². The molecule has 0 aliphatic heterocycles. The molecule has 0 saturated carbocycles. The minimum absolute atomic E-state index is 0.134. The monoisotopic (exact) mass is 306 g/mol. The van der Waals surface area contributed by atoms with Gasteiger partial charge in [0.1, 0.15) is 0 Å². The summed E-state index contributed by atoms with van der Waals surface area (Å²) in [6.07, 6.45) is 0.702. The quantitative estimate of drug-likeness (QED) is 0.839. The number of amides is 1. The Morgan fingerprint density at radius 2 is 2.40 bits per heavy atom. The third-order valence-corrected chi connectivity index (χ3v) is 3.76. The lowest BCUT2D eigenvalue weighted by Gasteiger charge is -2.14. The Morgan fingerprint density at radius 3 is 2.80 bits per heavy atom. The van der Waals surface area contributed by atoms with E-state index in [4.69, 9.17) is 18.0 Å². The predicted octanol–water partition coefficient (Wildman–Crippen LogP) is 2.31. The molecule has 0 fully saturated rings. The van der Waals surface area contributed by atoms with Gasteiger partial charge >= 0.3 is 0 Å². The maximum absolute atomic E-state index is 11.7. The van der Waals surface area contributed by atoms with Gasteiger partial charge < -0.3 is 11.1 Å². The van der Waals surface area contributed by atoms with Crippen molar-refractivity contribution in [1.29, 1.82) is 0 Å². The molecule has 1 unspecified atom stereocenters. The molecule has 0 radical (unpaired) electrons. The summed E-state index contributed by atoms with van der Waals surface area (Å²) in [5.41, 5.74) is 5.49. The zero-order chi connectivity index (χ0) is 11.4. The second kappa shape index (κ2) is 5.58. The van der Waals surface area contributed by atoms with E-state index in [0.717, 1.165) is 3.79 Å². The Hall–Kier alpha value is -0.460. The van der Waals surface area contributed by atoms with Crippen LogP contribution < -0.4 is 11.1 Å². The van der Waals surface area contributed by atoms with Gasteiger partial charge in [-0.25, -0.2) is 0 Å². The summed E-state index contributed by atoms with van der Waals surface area (Å²) < 4.78 is 0.927. The van der Waals surface area contributed by atoms with E-state index in [0.29, 0.717) is 16.3 Å². The average Bonchev–Trinajstić information content (AvgIpc) is 2.60. The van der Waals surface area contributed by atoms with Crippen LogP contribution in [0.2, 0.25) is 0 Å². The maximum atomic E-state index is 11.7. The molecule has 3 N–H and O–H groups in total. The molecule has 0 spiro atoms. The van der Waals surface area contributed by atoms with E-state index in [-0.39, 0.29) is 11.9 Å². The highest BCUT2D eigenvalue weighted by molar-refractivity contribution is 9.11. The van der Waals surface area contributed by atoms with Crippen LogP contribution in [0.1, 0.15) is 23.0 Å². The second-order valence-electron chi connectivity index (χ2n) is 2.94. The van der Waals surface area contributed by atoms with Crippen LogP contribution in [-0.2, 0) is 0 Å². The Balaban J connectivity index is 2.66. The highest BCUT2D eigenvalue weighted by Gasteiger charge is 2.15. The fourth-order valence-corrected chi connectivity index (χ4v) is 2.55.